The topological polar surface area (TPSA) is 57.7 Å². The zero-order valence-electron chi connectivity index (χ0n) is 15.3. The van der Waals surface area contributed by atoms with Gasteiger partial charge in [-0.25, -0.2) is 8.42 Å². The van der Waals surface area contributed by atoms with Gasteiger partial charge in [-0.2, -0.15) is 0 Å². The highest BCUT2D eigenvalue weighted by atomic mass is 32.2. The van der Waals surface area contributed by atoms with Crippen LogP contribution < -0.4 is 9.21 Å². The summed E-state index contributed by atoms with van der Waals surface area (Å²) >= 11 is 1.44. The number of hydrogen-bond acceptors (Lipinski definition) is 4. The highest BCUT2D eigenvalue weighted by Gasteiger charge is 2.32. The van der Waals surface area contributed by atoms with E-state index >= 15 is 0 Å². The van der Waals surface area contributed by atoms with E-state index in [9.17, 15) is 13.2 Å². The third kappa shape index (κ3) is 3.11. The minimum absolute atomic E-state index is 0.00772. The fourth-order valence-corrected chi connectivity index (χ4v) is 4.99. The SMILES string of the molecule is CC1Cc2ccccc2N1C(=O)c1cc2cc(N(C)S(C)(=O)=O)ccc2s1. The molecule has 0 fully saturated rings. The van der Waals surface area contributed by atoms with E-state index < -0.39 is 10.0 Å². The molecule has 1 aliphatic heterocycles. The maximum Gasteiger partial charge on any atom is 0.268 e. The van der Waals surface area contributed by atoms with Crippen LogP contribution in [0, 0.1) is 0 Å². The normalized spacial score (nSPS) is 16.6. The molecule has 1 aliphatic rings. The number of anilines is 2. The lowest BCUT2D eigenvalue weighted by Crippen LogP contribution is -2.35. The molecule has 1 aromatic heterocycles. The molecule has 2 heterocycles. The number of rotatable bonds is 3. The molecular weight excluding hydrogens is 380 g/mol. The molecule has 0 bridgehead atoms. The smallest absolute Gasteiger partial charge is 0.268 e. The molecule has 0 saturated carbocycles. The molecule has 5 nitrogen and oxygen atoms in total. The third-order valence-electron chi connectivity index (χ3n) is 5.00. The number of carbonyl (C=O) groups excluding carboxylic acids is 1. The number of amides is 1. The summed E-state index contributed by atoms with van der Waals surface area (Å²) in [4.78, 5) is 15.7. The number of thiophene rings is 1. The summed E-state index contributed by atoms with van der Waals surface area (Å²) in [6.45, 7) is 2.06. The molecule has 0 N–H and O–H groups in total. The summed E-state index contributed by atoms with van der Waals surface area (Å²) in [5.41, 5.74) is 2.75. The van der Waals surface area contributed by atoms with Crippen LogP contribution in [0.4, 0.5) is 11.4 Å². The van der Waals surface area contributed by atoms with Crippen molar-refractivity contribution < 1.29 is 13.2 Å². The van der Waals surface area contributed by atoms with Gasteiger partial charge in [0.2, 0.25) is 10.0 Å². The average Bonchev–Trinajstić information content (AvgIpc) is 3.19. The van der Waals surface area contributed by atoms with E-state index in [1.165, 1.54) is 34.5 Å². The van der Waals surface area contributed by atoms with Gasteiger partial charge >= 0.3 is 0 Å². The molecule has 1 atom stereocenters. The Hall–Kier alpha value is -2.38. The first-order valence-electron chi connectivity index (χ1n) is 8.64. The quantitative estimate of drug-likeness (QED) is 0.670. The van der Waals surface area contributed by atoms with Gasteiger partial charge in [0.15, 0.2) is 0 Å². The fraction of sp³-hybridized carbons (Fsp3) is 0.250. The number of fused-ring (bicyclic) bond motifs is 2. The Morgan fingerprint density at radius 2 is 1.93 bits per heavy atom. The Morgan fingerprint density at radius 1 is 1.19 bits per heavy atom. The molecule has 1 amide bonds. The molecular formula is C20H20N2O3S2. The first-order valence-corrected chi connectivity index (χ1v) is 11.3. The van der Waals surface area contributed by atoms with Gasteiger partial charge in [0, 0.05) is 23.5 Å². The summed E-state index contributed by atoms with van der Waals surface area (Å²) in [6.07, 6.45) is 2.03. The zero-order valence-corrected chi connectivity index (χ0v) is 17.0. The number of benzene rings is 2. The van der Waals surface area contributed by atoms with Crippen molar-refractivity contribution >= 4 is 48.7 Å². The van der Waals surface area contributed by atoms with E-state index in [1.54, 1.807) is 6.07 Å². The largest absolute Gasteiger partial charge is 0.304 e. The summed E-state index contributed by atoms with van der Waals surface area (Å²) in [5, 5.41) is 0.872. The minimum atomic E-state index is -3.33. The monoisotopic (exact) mass is 400 g/mol. The molecule has 140 valence electrons. The van der Waals surface area contributed by atoms with Gasteiger partial charge in [-0.3, -0.25) is 9.10 Å². The van der Waals surface area contributed by atoms with Crippen molar-refractivity contribution in [3.8, 4) is 0 Å². The van der Waals surface area contributed by atoms with Gasteiger partial charge in [0.1, 0.15) is 0 Å². The molecule has 2 aromatic carbocycles. The molecule has 0 radical (unpaired) electrons. The molecule has 4 rings (SSSR count). The van der Waals surface area contributed by atoms with Crippen molar-refractivity contribution in [1.29, 1.82) is 0 Å². The Kier molecular flexibility index (Phi) is 4.24. The van der Waals surface area contributed by atoms with Gasteiger partial charge in [0.25, 0.3) is 5.91 Å². The standard InChI is InChI=1S/C20H20N2O3S2/c1-13-10-14-6-4-5-7-17(14)22(13)20(23)19-12-15-11-16(8-9-18(15)26-19)21(2)27(3,24)25/h4-9,11-13H,10H2,1-3H3. The summed E-state index contributed by atoms with van der Waals surface area (Å²) in [5.74, 6) is -0.00772. The van der Waals surface area contributed by atoms with E-state index in [2.05, 4.69) is 13.0 Å². The van der Waals surface area contributed by atoms with Crippen LogP contribution >= 0.6 is 11.3 Å². The predicted octanol–water partition coefficient (Wildman–Crippen LogP) is 3.89. The summed E-state index contributed by atoms with van der Waals surface area (Å²) in [6, 6.07) is 15.4. The van der Waals surface area contributed by atoms with E-state index in [4.69, 9.17) is 0 Å². The number of carbonyl (C=O) groups is 1. The number of sulfonamides is 1. The molecule has 7 heteroatoms. The molecule has 0 aliphatic carbocycles. The Morgan fingerprint density at radius 3 is 2.67 bits per heavy atom. The summed E-state index contributed by atoms with van der Waals surface area (Å²) in [7, 11) is -1.80. The van der Waals surface area contributed by atoms with Crippen LogP contribution in [0.5, 0.6) is 0 Å². The van der Waals surface area contributed by atoms with Crippen molar-refractivity contribution in [3.63, 3.8) is 0 Å². The number of para-hydroxylation sites is 1. The van der Waals surface area contributed by atoms with Gasteiger partial charge in [-0.1, -0.05) is 18.2 Å². The second-order valence-electron chi connectivity index (χ2n) is 6.92. The molecule has 1 unspecified atom stereocenters. The van der Waals surface area contributed by atoms with Crippen LogP contribution in [0.2, 0.25) is 0 Å². The lowest BCUT2D eigenvalue weighted by Gasteiger charge is -2.21. The lowest BCUT2D eigenvalue weighted by molar-refractivity contribution is 0.0985. The van der Waals surface area contributed by atoms with Crippen molar-refractivity contribution in [1.82, 2.24) is 0 Å². The van der Waals surface area contributed by atoms with Crippen LogP contribution in [0.3, 0.4) is 0 Å². The van der Waals surface area contributed by atoms with Crippen molar-refractivity contribution in [2.45, 2.75) is 19.4 Å². The first kappa shape index (κ1) is 18.0. The first-order chi connectivity index (χ1) is 12.8. The van der Waals surface area contributed by atoms with Gasteiger partial charge < -0.3 is 4.90 Å². The van der Waals surface area contributed by atoms with E-state index in [0.717, 1.165) is 22.2 Å². The Balaban J connectivity index is 1.71. The fourth-order valence-electron chi connectivity index (χ4n) is 3.52. The molecule has 3 aromatic rings. The van der Waals surface area contributed by atoms with Crippen LogP contribution in [-0.4, -0.2) is 33.7 Å². The Labute approximate surface area is 162 Å². The molecule has 0 spiro atoms. The van der Waals surface area contributed by atoms with Gasteiger partial charge in [-0.15, -0.1) is 11.3 Å². The van der Waals surface area contributed by atoms with E-state index in [0.29, 0.717) is 10.6 Å². The highest BCUT2D eigenvalue weighted by Crippen LogP contribution is 2.36. The van der Waals surface area contributed by atoms with Gasteiger partial charge in [-0.05, 0) is 54.6 Å². The van der Waals surface area contributed by atoms with Crippen molar-refractivity contribution in [3.05, 3.63) is 59.0 Å². The maximum atomic E-state index is 13.2. The number of nitrogens with zero attached hydrogens (tertiary/aromatic N) is 2. The van der Waals surface area contributed by atoms with Crippen LogP contribution in [0.25, 0.3) is 10.1 Å². The molecule has 0 saturated heterocycles. The molecule has 27 heavy (non-hydrogen) atoms. The van der Waals surface area contributed by atoms with Gasteiger partial charge in [0.05, 0.1) is 16.8 Å². The van der Waals surface area contributed by atoms with Crippen LogP contribution in [-0.2, 0) is 16.4 Å². The second kappa shape index (κ2) is 6.35. The maximum absolute atomic E-state index is 13.2. The third-order valence-corrected chi connectivity index (χ3v) is 7.31. The average molecular weight is 401 g/mol. The van der Waals surface area contributed by atoms with Crippen LogP contribution in [0.1, 0.15) is 22.2 Å². The zero-order chi connectivity index (χ0) is 19.3. The lowest BCUT2D eigenvalue weighted by atomic mass is 10.1. The van der Waals surface area contributed by atoms with Crippen molar-refractivity contribution in [2.75, 3.05) is 22.5 Å². The van der Waals surface area contributed by atoms with E-state index in [1.807, 2.05) is 41.3 Å². The number of hydrogen-bond donors (Lipinski definition) is 0. The summed E-state index contributed by atoms with van der Waals surface area (Å²) < 4.78 is 25.8. The minimum Gasteiger partial charge on any atom is -0.304 e. The van der Waals surface area contributed by atoms with E-state index in [-0.39, 0.29) is 11.9 Å². The highest BCUT2D eigenvalue weighted by molar-refractivity contribution is 7.92. The Bertz CT molecular complexity index is 1150. The van der Waals surface area contributed by atoms with Crippen molar-refractivity contribution in [2.24, 2.45) is 0 Å². The second-order valence-corrected chi connectivity index (χ2v) is 10.0. The van der Waals surface area contributed by atoms with Crippen LogP contribution in [0.15, 0.2) is 48.5 Å². The predicted molar refractivity (Wildman–Crippen MR) is 111 cm³/mol.